The Morgan fingerprint density at radius 2 is 2.00 bits per heavy atom. The number of ketones is 1. The van der Waals surface area contributed by atoms with Crippen LogP contribution in [0.25, 0.3) is 0 Å². The summed E-state index contributed by atoms with van der Waals surface area (Å²) in [7, 11) is -3.41. The smallest absolute Gasteiger partial charge is 0.296 e. The highest BCUT2D eigenvalue weighted by molar-refractivity contribution is 7.93. The summed E-state index contributed by atoms with van der Waals surface area (Å²) >= 11 is 0. The average Bonchev–Trinajstić information content (AvgIpc) is 2.13. The minimum absolute atomic E-state index is 0.454. The second kappa shape index (κ2) is 1.29. The van der Waals surface area contributed by atoms with Crippen molar-refractivity contribution in [3.8, 4) is 0 Å². The van der Waals surface area contributed by atoms with Crippen LogP contribution in [0, 0.1) is 0 Å². The zero-order valence-corrected chi connectivity index (χ0v) is 4.94. The quantitative estimate of drug-likeness (QED) is 0.445. The summed E-state index contributed by atoms with van der Waals surface area (Å²) in [6, 6.07) is 0. The molecule has 0 aromatic carbocycles. The van der Waals surface area contributed by atoms with E-state index in [1.54, 1.807) is 0 Å². The molecule has 4 nitrogen and oxygen atoms in total. The van der Waals surface area contributed by atoms with Crippen molar-refractivity contribution >= 4 is 15.9 Å². The average molecular weight is 136 g/mol. The topological polar surface area (TPSA) is 63.7 Å². The Kier molecular flexibility index (Phi) is 0.924. The van der Waals surface area contributed by atoms with Gasteiger partial charge in [-0.25, -0.2) is 4.18 Å². The van der Waals surface area contributed by atoms with Crippen LogP contribution >= 0.6 is 0 Å². The van der Waals surface area contributed by atoms with Gasteiger partial charge in [0.2, 0.25) is 0 Å². The Labute approximate surface area is 46.6 Å². The van der Waals surface area contributed by atoms with Crippen molar-refractivity contribution in [1.29, 1.82) is 0 Å². The van der Waals surface area contributed by atoms with Gasteiger partial charge >= 0.3 is 10.1 Å². The Morgan fingerprint density at radius 1 is 1.62 bits per heavy atom. The maximum Gasteiger partial charge on any atom is 0.305 e. The molecule has 0 saturated carbocycles. The molecule has 0 radical (unpaired) electrons. The lowest BCUT2D eigenvalue weighted by Crippen LogP contribution is -2.00. The number of hydrogen-bond donors (Lipinski definition) is 0. The molecule has 1 fully saturated rings. The van der Waals surface area contributed by atoms with E-state index < -0.39 is 21.3 Å². The van der Waals surface area contributed by atoms with Gasteiger partial charge in [0.1, 0.15) is 0 Å². The van der Waals surface area contributed by atoms with Crippen LogP contribution < -0.4 is 0 Å². The van der Waals surface area contributed by atoms with E-state index in [9.17, 15) is 13.2 Å². The highest BCUT2D eigenvalue weighted by Gasteiger charge is 2.49. The highest BCUT2D eigenvalue weighted by Crippen LogP contribution is 2.24. The number of rotatable bonds is 1. The van der Waals surface area contributed by atoms with Crippen molar-refractivity contribution in [3.63, 3.8) is 0 Å². The second-order valence-electron chi connectivity index (χ2n) is 1.53. The standard InChI is InChI=1S/C3H4O4S/c1-2(4)3-7-8(3,5)6/h3H,1H3. The van der Waals surface area contributed by atoms with Crippen molar-refractivity contribution in [2.24, 2.45) is 0 Å². The molecule has 0 amide bonds. The first-order chi connectivity index (χ1) is 3.54. The lowest BCUT2D eigenvalue weighted by molar-refractivity contribution is -0.118. The van der Waals surface area contributed by atoms with Crippen LogP contribution in [0.5, 0.6) is 0 Å². The van der Waals surface area contributed by atoms with E-state index in [1.807, 2.05) is 0 Å². The van der Waals surface area contributed by atoms with Gasteiger partial charge in [-0.1, -0.05) is 0 Å². The zero-order valence-electron chi connectivity index (χ0n) is 4.12. The molecule has 0 bridgehead atoms. The van der Waals surface area contributed by atoms with Crippen LogP contribution in [0.2, 0.25) is 0 Å². The molecular weight excluding hydrogens is 132 g/mol. The SMILES string of the molecule is CC(=O)C1OS1(=O)=O. The molecule has 1 unspecified atom stereocenters. The van der Waals surface area contributed by atoms with E-state index in [0.717, 1.165) is 0 Å². The second-order valence-corrected chi connectivity index (χ2v) is 3.14. The molecule has 1 atom stereocenters. The molecule has 1 rings (SSSR count). The molecule has 1 aliphatic heterocycles. The van der Waals surface area contributed by atoms with Gasteiger partial charge in [-0.05, 0) is 6.92 Å². The van der Waals surface area contributed by atoms with Gasteiger partial charge in [0.05, 0.1) is 0 Å². The van der Waals surface area contributed by atoms with Crippen molar-refractivity contribution in [3.05, 3.63) is 0 Å². The Hall–Kier alpha value is -0.420. The Morgan fingerprint density at radius 3 is 2.00 bits per heavy atom. The third-order valence-electron chi connectivity index (χ3n) is 0.778. The molecule has 1 aliphatic rings. The first-order valence-electron chi connectivity index (χ1n) is 1.96. The van der Waals surface area contributed by atoms with Crippen LogP contribution in [0.1, 0.15) is 6.92 Å². The summed E-state index contributed by atoms with van der Waals surface area (Å²) in [6.45, 7) is 1.18. The summed E-state index contributed by atoms with van der Waals surface area (Å²) in [5.74, 6) is -0.454. The lowest BCUT2D eigenvalue weighted by atomic mass is 10.5. The van der Waals surface area contributed by atoms with Crippen LogP contribution in [0.3, 0.4) is 0 Å². The monoisotopic (exact) mass is 136 g/mol. The Bertz CT molecular complexity index is 213. The Balaban J connectivity index is 2.76. The predicted molar refractivity (Wildman–Crippen MR) is 24.5 cm³/mol. The summed E-state index contributed by atoms with van der Waals surface area (Å²) in [4.78, 5) is 10.1. The number of carbonyl (C=O) groups excluding carboxylic acids is 1. The van der Waals surface area contributed by atoms with E-state index in [1.165, 1.54) is 6.92 Å². The molecule has 0 aromatic rings. The van der Waals surface area contributed by atoms with E-state index in [0.29, 0.717) is 0 Å². The molecule has 46 valence electrons. The van der Waals surface area contributed by atoms with Crippen LogP contribution in [-0.2, 0) is 19.1 Å². The lowest BCUT2D eigenvalue weighted by Gasteiger charge is -1.68. The zero-order chi connectivity index (χ0) is 6.36. The summed E-state index contributed by atoms with van der Waals surface area (Å²) in [5, 5.41) is 0. The summed E-state index contributed by atoms with van der Waals surface area (Å²) < 4.78 is 24.1. The first-order valence-corrected chi connectivity index (χ1v) is 3.44. The molecule has 0 aliphatic carbocycles. The van der Waals surface area contributed by atoms with Gasteiger partial charge in [-0.15, -0.1) is 0 Å². The number of carbonyl (C=O) groups is 1. The molecule has 5 heteroatoms. The summed E-state index contributed by atoms with van der Waals surface area (Å²) in [5.41, 5.74) is -1.15. The fourth-order valence-corrected chi connectivity index (χ4v) is 1.30. The van der Waals surface area contributed by atoms with Gasteiger partial charge in [-0.3, -0.25) is 4.79 Å². The van der Waals surface area contributed by atoms with Crippen molar-refractivity contribution < 1.29 is 17.4 Å². The van der Waals surface area contributed by atoms with E-state index in [4.69, 9.17) is 0 Å². The van der Waals surface area contributed by atoms with Crippen molar-refractivity contribution in [2.45, 2.75) is 12.4 Å². The number of Topliss-reactive ketones (excluding diaryl/α,β-unsaturated/α-hetero) is 1. The maximum absolute atomic E-state index is 10.1. The first kappa shape index (κ1) is 5.71. The molecule has 0 spiro atoms. The van der Waals surface area contributed by atoms with Crippen LogP contribution in [0.15, 0.2) is 0 Å². The van der Waals surface area contributed by atoms with Gasteiger partial charge < -0.3 is 0 Å². The fraction of sp³-hybridized carbons (Fsp3) is 0.667. The molecule has 0 aromatic heterocycles. The van der Waals surface area contributed by atoms with Crippen LogP contribution in [-0.4, -0.2) is 19.6 Å². The highest BCUT2D eigenvalue weighted by atomic mass is 32.2. The molecule has 1 heterocycles. The predicted octanol–water partition coefficient (Wildman–Crippen LogP) is -0.738. The normalized spacial score (nSPS) is 31.9. The van der Waals surface area contributed by atoms with Crippen molar-refractivity contribution in [2.75, 3.05) is 0 Å². The third kappa shape index (κ3) is 0.740. The van der Waals surface area contributed by atoms with Gasteiger partial charge in [0, 0.05) is 0 Å². The molecule has 0 N–H and O–H groups in total. The van der Waals surface area contributed by atoms with Gasteiger partial charge in [0.25, 0.3) is 5.44 Å². The molecular formula is C3H4O4S. The molecule has 1 saturated heterocycles. The minimum Gasteiger partial charge on any atom is -0.296 e. The van der Waals surface area contributed by atoms with Crippen molar-refractivity contribution in [1.82, 2.24) is 0 Å². The van der Waals surface area contributed by atoms with E-state index in [2.05, 4.69) is 4.18 Å². The largest absolute Gasteiger partial charge is 0.305 e. The van der Waals surface area contributed by atoms with Crippen LogP contribution in [0.4, 0.5) is 0 Å². The molecule has 8 heavy (non-hydrogen) atoms. The van der Waals surface area contributed by atoms with Gasteiger partial charge in [0.15, 0.2) is 5.78 Å². The summed E-state index contributed by atoms with van der Waals surface area (Å²) in [6.07, 6.45) is 0. The maximum atomic E-state index is 10.1. The van der Waals surface area contributed by atoms with E-state index >= 15 is 0 Å². The minimum atomic E-state index is -3.41. The fourth-order valence-electron chi connectivity index (χ4n) is 0.370. The third-order valence-corrected chi connectivity index (χ3v) is 2.00. The van der Waals surface area contributed by atoms with Gasteiger partial charge in [-0.2, -0.15) is 8.42 Å². The van der Waals surface area contributed by atoms with E-state index in [-0.39, 0.29) is 0 Å². The number of hydrogen-bond acceptors (Lipinski definition) is 4.